The topological polar surface area (TPSA) is 54.1 Å². The number of methoxy groups -OCH3 is 1. The second-order valence-corrected chi connectivity index (χ2v) is 6.49. The summed E-state index contributed by atoms with van der Waals surface area (Å²) < 4.78 is 4.79. The summed E-state index contributed by atoms with van der Waals surface area (Å²) in [4.78, 5) is 16.2. The molecule has 0 aliphatic heterocycles. The van der Waals surface area contributed by atoms with Crippen molar-refractivity contribution in [1.82, 2.24) is 10.3 Å². The van der Waals surface area contributed by atoms with Crippen molar-refractivity contribution in [3.63, 3.8) is 0 Å². The Morgan fingerprint density at radius 3 is 2.87 bits per heavy atom. The Kier molecular flexibility index (Phi) is 4.79. The normalized spacial score (nSPS) is 13.8. The van der Waals surface area contributed by atoms with Crippen molar-refractivity contribution < 1.29 is 9.53 Å². The van der Waals surface area contributed by atoms with Gasteiger partial charge in [0.05, 0.1) is 7.11 Å². The molecule has 0 saturated carbocycles. The molecule has 2 aromatic heterocycles. The Labute approximate surface area is 139 Å². The van der Waals surface area contributed by atoms with E-state index in [0.717, 1.165) is 5.52 Å². The van der Waals surface area contributed by atoms with E-state index in [2.05, 4.69) is 52.2 Å². The zero-order valence-electron chi connectivity index (χ0n) is 13.2. The van der Waals surface area contributed by atoms with Crippen LogP contribution in [0.4, 0.5) is 0 Å². The number of fused-ring (bicyclic) bond motifs is 1. The van der Waals surface area contributed by atoms with Gasteiger partial charge in [-0.2, -0.15) is 0 Å². The molecule has 0 spiro atoms. The molecule has 2 heterocycles. The fourth-order valence-electron chi connectivity index (χ4n) is 2.79. The highest BCUT2D eigenvalue weighted by molar-refractivity contribution is 7.10. The van der Waals surface area contributed by atoms with Gasteiger partial charge in [-0.3, -0.25) is 4.79 Å². The fourth-order valence-corrected chi connectivity index (χ4v) is 3.64. The molecule has 0 aliphatic rings. The maximum atomic E-state index is 11.6. The molecule has 0 bridgehead atoms. The number of thiophene rings is 1. The number of benzene rings is 1. The number of aromatic amines is 1. The lowest BCUT2D eigenvalue weighted by Gasteiger charge is -2.19. The van der Waals surface area contributed by atoms with Crippen LogP contribution in [-0.2, 0) is 9.53 Å². The van der Waals surface area contributed by atoms with Gasteiger partial charge in [0.15, 0.2) is 0 Å². The first-order valence-electron chi connectivity index (χ1n) is 7.61. The molecule has 4 nitrogen and oxygen atoms in total. The monoisotopic (exact) mass is 328 g/mol. The highest BCUT2D eigenvalue weighted by atomic mass is 32.1. The number of carbonyl (C=O) groups excluding carboxylic acids is 1. The van der Waals surface area contributed by atoms with Crippen LogP contribution < -0.4 is 5.32 Å². The van der Waals surface area contributed by atoms with E-state index >= 15 is 0 Å². The molecule has 0 radical (unpaired) electrons. The molecular weight excluding hydrogens is 308 g/mol. The van der Waals surface area contributed by atoms with Crippen LogP contribution in [0, 0.1) is 0 Å². The van der Waals surface area contributed by atoms with Gasteiger partial charge in [0, 0.05) is 34.4 Å². The number of hydrogen-bond donors (Lipinski definition) is 2. The molecule has 0 saturated heterocycles. The van der Waals surface area contributed by atoms with Crippen LogP contribution in [0.25, 0.3) is 10.9 Å². The van der Waals surface area contributed by atoms with Crippen LogP contribution in [-0.4, -0.2) is 30.6 Å². The molecule has 0 fully saturated rings. The van der Waals surface area contributed by atoms with Crippen LogP contribution in [0.1, 0.15) is 23.3 Å². The second-order valence-electron chi connectivity index (χ2n) is 5.51. The maximum absolute atomic E-state index is 11.6. The predicted octanol–water partition coefficient (Wildman–Crippen LogP) is 3.51. The average Bonchev–Trinajstić information content (AvgIpc) is 3.24. The van der Waals surface area contributed by atoms with Crippen molar-refractivity contribution in [1.29, 1.82) is 0 Å². The van der Waals surface area contributed by atoms with Gasteiger partial charge in [0.1, 0.15) is 6.04 Å². The number of rotatable bonds is 6. The van der Waals surface area contributed by atoms with Crippen molar-refractivity contribution >= 4 is 28.2 Å². The Bertz CT molecular complexity index is 779. The fraction of sp³-hybridized carbons (Fsp3) is 0.278. The molecule has 5 heteroatoms. The summed E-state index contributed by atoms with van der Waals surface area (Å²) in [5, 5.41) is 6.60. The van der Waals surface area contributed by atoms with E-state index in [1.165, 1.54) is 22.9 Å². The standard InChI is InChI=1S/C18H20N2O2S/c1-12(18(21)22-2)19-11-15(17-8-5-9-23-17)14-10-20-16-7-4-3-6-13(14)16/h3-10,12,15,19-20H,11H2,1-2H3/t12-,15+/m1/s1. The molecular formula is C18H20N2O2S. The lowest BCUT2D eigenvalue weighted by molar-refractivity contribution is -0.142. The Morgan fingerprint density at radius 1 is 1.30 bits per heavy atom. The summed E-state index contributed by atoms with van der Waals surface area (Å²) in [5.74, 6) is -0.0490. The van der Waals surface area contributed by atoms with Crippen LogP contribution in [0.15, 0.2) is 48.0 Å². The third-order valence-electron chi connectivity index (χ3n) is 4.07. The zero-order valence-corrected chi connectivity index (χ0v) is 14.0. The van der Waals surface area contributed by atoms with E-state index in [1.54, 1.807) is 11.3 Å². The molecule has 2 N–H and O–H groups in total. The first-order valence-corrected chi connectivity index (χ1v) is 8.49. The van der Waals surface area contributed by atoms with E-state index < -0.39 is 0 Å². The number of carbonyl (C=O) groups is 1. The zero-order chi connectivity index (χ0) is 16.2. The lowest BCUT2D eigenvalue weighted by atomic mass is 9.96. The summed E-state index contributed by atoms with van der Waals surface area (Å²) in [5.41, 5.74) is 2.37. The van der Waals surface area contributed by atoms with E-state index in [0.29, 0.717) is 6.54 Å². The van der Waals surface area contributed by atoms with Gasteiger partial charge in [-0.25, -0.2) is 0 Å². The number of para-hydroxylation sites is 1. The van der Waals surface area contributed by atoms with Gasteiger partial charge in [-0.1, -0.05) is 24.3 Å². The number of H-pyrrole nitrogens is 1. The minimum absolute atomic E-state index is 0.193. The second kappa shape index (κ2) is 6.98. The van der Waals surface area contributed by atoms with Crippen LogP contribution in [0.5, 0.6) is 0 Å². The van der Waals surface area contributed by atoms with Crippen molar-refractivity contribution in [3.8, 4) is 0 Å². The van der Waals surface area contributed by atoms with Gasteiger partial charge in [-0.15, -0.1) is 11.3 Å². The molecule has 0 amide bonds. The first-order chi connectivity index (χ1) is 11.2. The van der Waals surface area contributed by atoms with E-state index in [9.17, 15) is 4.79 Å². The van der Waals surface area contributed by atoms with E-state index in [4.69, 9.17) is 4.74 Å². The first kappa shape index (κ1) is 15.8. The average molecular weight is 328 g/mol. The van der Waals surface area contributed by atoms with Crippen molar-refractivity contribution in [2.45, 2.75) is 18.9 Å². The lowest BCUT2D eigenvalue weighted by Crippen LogP contribution is -2.37. The summed E-state index contributed by atoms with van der Waals surface area (Å²) in [6.45, 7) is 2.51. The Morgan fingerprint density at radius 2 is 2.13 bits per heavy atom. The molecule has 120 valence electrons. The highest BCUT2D eigenvalue weighted by Crippen LogP contribution is 2.32. The molecule has 3 aromatic rings. The number of nitrogens with one attached hydrogen (secondary N) is 2. The van der Waals surface area contributed by atoms with Crippen molar-refractivity contribution in [2.75, 3.05) is 13.7 Å². The third kappa shape index (κ3) is 3.30. The van der Waals surface area contributed by atoms with E-state index in [1.807, 2.05) is 13.0 Å². The van der Waals surface area contributed by atoms with E-state index in [-0.39, 0.29) is 17.9 Å². The molecule has 0 unspecified atom stereocenters. The minimum Gasteiger partial charge on any atom is -0.468 e. The maximum Gasteiger partial charge on any atom is 0.322 e. The van der Waals surface area contributed by atoms with Gasteiger partial charge in [0.25, 0.3) is 0 Å². The molecule has 23 heavy (non-hydrogen) atoms. The number of ether oxygens (including phenoxy) is 1. The van der Waals surface area contributed by atoms with Crippen molar-refractivity contribution in [3.05, 3.63) is 58.4 Å². The van der Waals surface area contributed by atoms with Crippen LogP contribution in [0.3, 0.4) is 0 Å². The van der Waals surface area contributed by atoms with Gasteiger partial charge in [0.2, 0.25) is 0 Å². The highest BCUT2D eigenvalue weighted by Gasteiger charge is 2.21. The van der Waals surface area contributed by atoms with Gasteiger partial charge < -0.3 is 15.0 Å². The van der Waals surface area contributed by atoms with Crippen LogP contribution in [0.2, 0.25) is 0 Å². The summed E-state index contributed by atoms with van der Waals surface area (Å²) in [7, 11) is 1.41. The van der Waals surface area contributed by atoms with Gasteiger partial charge in [-0.05, 0) is 30.0 Å². The third-order valence-corrected chi connectivity index (χ3v) is 5.05. The van der Waals surface area contributed by atoms with Crippen LogP contribution >= 0.6 is 11.3 Å². The molecule has 3 rings (SSSR count). The summed E-state index contributed by atoms with van der Waals surface area (Å²) in [6, 6.07) is 12.2. The van der Waals surface area contributed by atoms with Crippen molar-refractivity contribution in [2.24, 2.45) is 0 Å². The Hall–Kier alpha value is -2.11. The summed E-state index contributed by atoms with van der Waals surface area (Å²) in [6.07, 6.45) is 2.07. The largest absolute Gasteiger partial charge is 0.468 e. The number of aromatic nitrogens is 1. The molecule has 0 aliphatic carbocycles. The molecule has 1 aromatic carbocycles. The summed E-state index contributed by atoms with van der Waals surface area (Å²) >= 11 is 1.73. The Balaban J connectivity index is 1.89. The SMILES string of the molecule is COC(=O)[C@@H](C)NC[C@H](c1cccs1)c1c[nH]c2ccccc12. The van der Waals surface area contributed by atoms with Gasteiger partial charge >= 0.3 is 5.97 Å². The predicted molar refractivity (Wildman–Crippen MR) is 93.9 cm³/mol. The smallest absolute Gasteiger partial charge is 0.322 e. The molecule has 2 atom stereocenters. The number of hydrogen-bond acceptors (Lipinski definition) is 4. The quantitative estimate of drug-likeness (QED) is 0.681. The number of esters is 1. The minimum atomic E-state index is -0.326.